The molecule has 0 radical (unpaired) electrons. The Morgan fingerprint density at radius 1 is 1.14 bits per heavy atom. The molecule has 1 amide bonds. The maximum Gasteiger partial charge on any atom is 0.260 e. The van der Waals surface area contributed by atoms with Crippen molar-refractivity contribution < 1.29 is 22.5 Å². The van der Waals surface area contributed by atoms with Gasteiger partial charge in [-0.05, 0) is 44.9 Å². The first-order valence-corrected chi connectivity index (χ1v) is 10.6. The molecule has 0 saturated carbocycles. The van der Waals surface area contributed by atoms with Crippen LogP contribution >= 0.6 is 0 Å². The average molecular weight is 407 g/mol. The second-order valence-electron chi connectivity index (χ2n) is 6.92. The second-order valence-corrected chi connectivity index (χ2v) is 8.80. The van der Waals surface area contributed by atoms with E-state index in [4.69, 9.17) is 9.26 Å². The third-order valence-electron chi connectivity index (χ3n) is 5.06. The lowest BCUT2D eigenvalue weighted by atomic mass is 10.1. The molecule has 8 nitrogen and oxygen atoms in total. The zero-order valence-corrected chi connectivity index (χ0v) is 17.4. The van der Waals surface area contributed by atoms with Crippen LogP contribution in [-0.4, -0.2) is 61.5 Å². The Bertz CT molecular complexity index is 956. The highest BCUT2D eigenvalue weighted by molar-refractivity contribution is 7.89. The monoisotopic (exact) mass is 407 g/mol. The number of hydrogen-bond donors (Lipinski definition) is 0. The van der Waals surface area contributed by atoms with Gasteiger partial charge in [0.15, 0.2) is 12.4 Å². The molecule has 3 rings (SSSR count). The molecular weight excluding hydrogens is 382 g/mol. The summed E-state index contributed by atoms with van der Waals surface area (Å²) in [6.07, 6.45) is 0. The van der Waals surface area contributed by atoms with Gasteiger partial charge in [-0.2, -0.15) is 4.31 Å². The molecule has 0 bridgehead atoms. The molecular formula is C19H25N3O5S. The van der Waals surface area contributed by atoms with Gasteiger partial charge < -0.3 is 14.2 Å². The summed E-state index contributed by atoms with van der Waals surface area (Å²) in [4.78, 5) is 14.2. The van der Waals surface area contributed by atoms with Crippen LogP contribution in [0.2, 0.25) is 0 Å². The Kier molecular flexibility index (Phi) is 5.76. The van der Waals surface area contributed by atoms with E-state index in [1.165, 1.54) is 4.31 Å². The van der Waals surface area contributed by atoms with Crippen molar-refractivity contribution in [1.82, 2.24) is 14.4 Å². The van der Waals surface area contributed by atoms with E-state index in [0.717, 1.165) is 11.1 Å². The maximum atomic E-state index is 12.8. The lowest BCUT2D eigenvalue weighted by Crippen LogP contribution is -2.51. The number of benzene rings is 1. The number of aromatic nitrogens is 1. The molecule has 1 aromatic heterocycles. The van der Waals surface area contributed by atoms with E-state index in [2.05, 4.69) is 5.16 Å². The summed E-state index contributed by atoms with van der Waals surface area (Å²) < 4.78 is 37.7. The van der Waals surface area contributed by atoms with E-state index in [1.54, 1.807) is 18.7 Å². The van der Waals surface area contributed by atoms with Crippen LogP contribution in [0.25, 0.3) is 0 Å². The van der Waals surface area contributed by atoms with E-state index in [1.807, 2.05) is 32.0 Å². The van der Waals surface area contributed by atoms with Crippen molar-refractivity contribution in [2.45, 2.75) is 32.6 Å². The van der Waals surface area contributed by atoms with Gasteiger partial charge in [-0.1, -0.05) is 17.3 Å². The second kappa shape index (κ2) is 7.92. The fourth-order valence-electron chi connectivity index (χ4n) is 3.26. The number of amides is 1. The first kappa shape index (κ1) is 20.3. The lowest BCUT2D eigenvalue weighted by Gasteiger charge is -2.33. The largest absolute Gasteiger partial charge is 0.483 e. The molecule has 0 N–H and O–H groups in total. The molecule has 0 spiro atoms. The van der Waals surface area contributed by atoms with Crippen molar-refractivity contribution in [3.63, 3.8) is 0 Å². The van der Waals surface area contributed by atoms with E-state index in [-0.39, 0.29) is 36.3 Å². The summed E-state index contributed by atoms with van der Waals surface area (Å²) in [6.45, 7) is 8.14. The predicted molar refractivity (Wildman–Crippen MR) is 103 cm³/mol. The minimum atomic E-state index is -3.69. The van der Waals surface area contributed by atoms with Crippen LogP contribution in [0.4, 0.5) is 0 Å². The molecule has 0 unspecified atom stereocenters. The van der Waals surface area contributed by atoms with Gasteiger partial charge in [-0.15, -0.1) is 0 Å². The van der Waals surface area contributed by atoms with E-state index in [0.29, 0.717) is 24.5 Å². The van der Waals surface area contributed by atoms with Gasteiger partial charge in [0, 0.05) is 26.2 Å². The predicted octanol–water partition coefficient (Wildman–Crippen LogP) is 1.82. The number of nitrogens with zero attached hydrogens (tertiary/aromatic N) is 3. The highest BCUT2D eigenvalue weighted by atomic mass is 32.2. The molecule has 9 heteroatoms. The molecule has 152 valence electrons. The molecule has 2 aromatic rings. The van der Waals surface area contributed by atoms with Crippen LogP contribution < -0.4 is 4.74 Å². The minimum Gasteiger partial charge on any atom is -0.483 e. The summed E-state index contributed by atoms with van der Waals surface area (Å²) in [5, 5.41) is 3.72. The third-order valence-corrected chi connectivity index (χ3v) is 7.21. The lowest BCUT2D eigenvalue weighted by molar-refractivity contribution is -0.134. The Balaban J connectivity index is 1.59. The van der Waals surface area contributed by atoms with E-state index in [9.17, 15) is 13.2 Å². The van der Waals surface area contributed by atoms with Crippen molar-refractivity contribution in [2.75, 3.05) is 32.8 Å². The molecule has 1 aliphatic heterocycles. The Hall–Kier alpha value is -2.39. The van der Waals surface area contributed by atoms with Gasteiger partial charge in [0.2, 0.25) is 10.0 Å². The molecule has 0 aliphatic carbocycles. The van der Waals surface area contributed by atoms with Gasteiger partial charge in [0.05, 0.1) is 0 Å². The van der Waals surface area contributed by atoms with Crippen LogP contribution in [0.5, 0.6) is 5.75 Å². The van der Waals surface area contributed by atoms with Gasteiger partial charge >= 0.3 is 0 Å². The Morgan fingerprint density at radius 2 is 1.82 bits per heavy atom. The Labute approximate surface area is 165 Å². The summed E-state index contributed by atoms with van der Waals surface area (Å²) in [7, 11) is -3.69. The highest BCUT2D eigenvalue weighted by Gasteiger charge is 2.34. The zero-order valence-electron chi connectivity index (χ0n) is 16.6. The number of rotatable bonds is 5. The number of hydrogen-bond acceptors (Lipinski definition) is 6. The van der Waals surface area contributed by atoms with Crippen molar-refractivity contribution in [2.24, 2.45) is 0 Å². The quantitative estimate of drug-likeness (QED) is 0.751. The summed E-state index contributed by atoms with van der Waals surface area (Å²) >= 11 is 0. The summed E-state index contributed by atoms with van der Waals surface area (Å²) in [6, 6.07) is 5.72. The number of carbonyl (C=O) groups is 1. The van der Waals surface area contributed by atoms with Crippen molar-refractivity contribution >= 4 is 15.9 Å². The molecule has 28 heavy (non-hydrogen) atoms. The minimum absolute atomic E-state index is 0.0685. The van der Waals surface area contributed by atoms with E-state index < -0.39 is 10.0 Å². The van der Waals surface area contributed by atoms with Crippen LogP contribution in [0.3, 0.4) is 0 Å². The van der Waals surface area contributed by atoms with Gasteiger partial charge in [-0.3, -0.25) is 4.79 Å². The van der Waals surface area contributed by atoms with Crippen molar-refractivity contribution in [3.05, 3.63) is 40.8 Å². The van der Waals surface area contributed by atoms with E-state index >= 15 is 0 Å². The molecule has 0 atom stereocenters. The number of aryl methyl sites for hydroxylation is 3. The smallest absolute Gasteiger partial charge is 0.260 e. The Morgan fingerprint density at radius 3 is 2.43 bits per heavy atom. The summed E-state index contributed by atoms with van der Waals surface area (Å²) in [5.74, 6) is 0.807. The average Bonchev–Trinajstić information content (AvgIpc) is 3.01. The van der Waals surface area contributed by atoms with Crippen molar-refractivity contribution in [1.29, 1.82) is 0 Å². The maximum absolute atomic E-state index is 12.8. The molecule has 1 fully saturated rings. The number of piperazine rings is 1. The van der Waals surface area contributed by atoms with Crippen LogP contribution in [0.1, 0.15) is 22.6 Å². The molecule has 2 heterocycles. The zero-order chi connectivity index (χ0) is 20.5. The van der Waals surface area contributed by atoms with Gasteiger partial charge in [-0.25, -0.2) is 8.42 Å². The summed E-state index contributed by atoms with van der Waals surface area (Å²) in [5.41, 5.74) is 2.45. The normalized spacial score (nSPS) is 15.6. The SMILES string of the molecule is Cc1cccc(OCC(=O)N2CCN(S(=O)(=O)c3c(C)noc3C)CC2)c1C. The van der Waals surface area contributed by atoms with Crippen molar-refractivity contribution in [3.8, 4) is 5.75 Å². The molecule has 1 aliphatic rings. The van der Waals surface area contributed by atoms with Crippen LogP contribution in [-0.2, 0) is 14.8 Å². The van der Waals surface area contributed by atoms with Crippen LogP contribution in [0.15, 0.2) is 27.6 Å². The standard InChI is InChI=1S/C19H25N3O5S/c1-13-6-5-7-17(14(13)2)26-12-18(23)21-8-10-22(11-9-21)28(24,25)19-15(3)20-27-16(19)4/h5-7H,8-12H2,1-4H3. The number of carbonyl (C=O) groups excluding carboxylic acids is 1. The van der Waals surface area contributed by atoms with Crippen LogP contribution in [0, 0.1) is 27.7 Å². The first-order valence-electron chi connectivity index (χ1n) is 9.11. The third kappa shape index (κ3) is 3.90. The number of sulfonamides is 1. The highest BCUT2D eigenvalue weighted by Crippen LogP contribution is 2.24. The fraction of sp³-hybridized carbons (Fsp3) is 0.474. The first-order chi connectivity index (χ1) is 13.2. The van der Waals surface area contributed by atoms with Gasteiger partial charge in [0.25, 0.3) is 5.91 Å². The number of ether oxygens (including phenoxy) is 1. The molecule has 1 aromatic carbocycles. The fourth-order valence-corrected chi connectivity index (χ4v) is 4.97. The molecule has 1 saturated heterocycles. The topological polar surface area (TPSA) is 93.0 Å². The van der Waals surface area contributed by atoms with Gasteiger partial charge in [0.1, 0.15) is 16.3 Å².